The van der Waals surface area contributed by atoms with Crippen LogP contribution < -0.4 is 14.9 Å². The van der Waals surface area contributed by atoms with Crippen LogP contribution in [0, 0.1) is 0 Å². The second-order valence-electron chi connectivity index (χ2n) is 7.10. The Morgan fingerprint density at radius 2 is 1.86 bits per heavy atom. The number of carbonyl (C=O) groups excluding carboxylic acids is 3. The molecule has 1 unspecified atom stereocenters. The summed E-state index contributed by atoms with van der Waals surface area (Å²) in [7, 11) is 0. The van der Waals surface area contributed by atoms with Crippen LogP contribution in [0.1, 0.15) is 39.9 Å². The first-order valence-corrected chi connectivity index (χ1v) is 9.75. The van der Waals surface area contributed by atoms with Gasteiger partial charge in [0.2, 0.25) is 11.8 Å². The molecule has 1 fully saturated rings. The zero-order valence-electron chi connectivity index (χ0n) is 15.6. The van der Waals surface area contributed by atoms with Crippen LogP contribution in [0.2, 0.25) is 0 Å². The average Bonchev–Trinajstić information content (AvgIpc) is 3.05. The summed E-state index contributed by atoms with van der Waals surface area (Å²) < 4.78 is 5.99. The van der Waals surface area contributed by atoms with E-state index in [9.17, 15) is 14.4 Å². The van der Waals surface area contributed by atoms with Gasteiger partial charge in [0, 0.05) is 24.1 Å². The zero-order chi connectivity index (χ0) is 20.4. The lowest BCUT2D eigenvalue weighted by Gasteiger charge is -2.29. The van der Waals surface area contributed by atoms with E-state index in [-0.39, 0.29) is 24.8 Å². The molecule has 150 valence electrons. The molecule has 0 aliphatic carbocycles. The van der Waals surface area contributed by atoms with Crippen molar-refractivity contribution < 1.29 is 19.1 Å². The van der Waals surface area contributed by atoms with Gasteiger partial charge in [0.05, 0.1) is 6.54 Å². The number of ether oxygens (including phenoxy) is 1. The van der Waals surface area contributed by atoms with Gasteiger partial charge in [0.15, 0.2) is 0 Å². The van der Waals surface area contributed by atoms with Crippen molar-refractivity contribution in [2.75, 3.05) is 0 Å². The van der Waals surface area contributed by atoms with Gasteiger partial charge in [-0.15, -0.1) is 0 Å². The van der Waals surface area contributed by atoms with Crippen molar-refractivity contribution in [1.29, 1.82) is 0 Å². The first kappa shape index (κ1) is 19.4. The highest BCUT2D eigenvalue weighted by Crippen LogP contribution is 2.33. The number of hydrogen-bond donors (Lipinski definition) is 2. The van der Waals surface area contributed by atoms with Crippen LogP contribution in [0.5, 0.6) is 5.75 Å². The molecule has 0 bridgehead atoms. The Morgan fingerprint density at radius 1 is 1.10 bits per heavy atom. The number of hydrogen-bond acceptors (Lipinski definition) is 5. The second kappa shape index (κ2) is 8.23. The molecule has 1 atom stereocenters. The maximum atomic E-state index is 12.8. The van der Waals surface area contributed by atoms with Crippen molar-refractivity contribution in [3.63, 3.8) is 0 Å². The molecule has 29 heavy (non-hydrogen) atoms. The molecule has 7 nitrogen and oxygen atoms in total. The summed E-state index contributed by atoms with van der Waals surface area (Å²) in [6.45, 7) is 1.22. The number of imide groups is 1. The van der Waals surface area contributed by atoms with Crippen LogP contribution >= 0.6 is 11.8 Å². The number of amides is 3. The fourth-order valence-electron chi connectivity index (χ4n) is 3.68. The average molecular weight is 414 g/mol. The molecular formula is C21H20ClN3O4. The van der Waals surface area contributed by atoms with Crippen molar-refractivity contribution in [1.82, 2.24) is 15.1 Å². The molecule has 3 amide bonds. The summed E-state index contributed by atoms with van der Waals surface area (Å²) in [5.74, 6) is -0.307. The first-order chi connectivity index (χ1) is 14.1. The molecule has 2 aliphatic heterocycles. The van der Waals surface area contributed by atoms with Gasteiger partial charge in [0.1, 0.15) is 18.4 Å². The minimum atomic E-state index is -0.636. The lowest BCUT2D eigenvalue weighted by molar-refractivity contribution is -0.136. The zero-order valence-corrected chi connectivity index (χ0v) is 16.4. The second-order valence-corrected chi connectivity index (χ2v) is 7.37. The Kier molecular flexibility index (Phi) is 5.51. The van der Waals surface area contributed by atoms with Gasteiger partial charge in [-0.25, -0.2) is 4.84 Å². The van der Waals surface area contributed by atoms with E-state index in [0.29, 0.717) is 30.9 Å². The summed E-state index contributed by atoms with van der Waals surface area (Å²) in [4.78, 5) is 40.5. The van der Waals surface area contributed by atoms with Crippen LogP contribution in [-0.2, 0) is 29.3 Å². The first-order valence-electron chi connectivity index (χ1n) is 9.37. The van der Waals surface area contributed by atoms with Crippen LogP contribution in [0.3, 0.4) is 0 Å². The molecule has 2 aromatic rings. The van der Waals surface area contributed by atoms with Gasteiger partial charge in [-0.2, -0.15) is 0 Å². The van der Waals surface area contributed by atoms with Gasteiger partial charge in [-0.3, -0.25) is 19.7 Å². The molecule has 2 N–H and O–H groups in total. The quantitative estimate of drug-likeness (QED) is 0.560. The molecule has 2 aliphatic rings. The van der Waals surface area contributed by atoms with E-state index in [0.717, 1.165) is 16.7 Å². The molecule has 4 rings (SSSR count). The highest BCUT2D eigenvalue weighted by atomic mass is 35.5. The Balaban J connectivity index is 1.48. The van der Waals surface area contributed by atoms with Gasteiger partial charge in [0.25, 0.3) is 5.91 Å². The summed E-state index contributed by atoms with van der Waals surface area (Å²) >= 11 is 5.52. The maximum absolute atomic E-state index is 12.8. The highest BCUT2D eigenvalue weighted by molar-refractivity contribution is 6.13. The van der Waals surface area contributed by atoms with E-state index in [4.69, 9.17) is 16.5 Å². The van der Waals surface area contributed by atoms with Gasteiger partial charge in [-0.1, -0.05) is 30.3 Å². The van der Waals surface area contributed by atoms with E-state index >= 15 is 0 Å². The van der Waals surface area contributed by atoms with Crippen molar-refractivity contribution in [2.24, 2.45) is 0 Å². The molecule has 2 heterocycles. The minimum Gasteiger partial charge on any atom is -0.489 e. The number of fused-ring (bicyclic) bond motifs is 1. The van der Waals surface area contributed by atoms with E-state index in [2.05, 4.69) is 10.2 Å². The SMILES string of the molecule is O=C1CCC(N2Cc3c(OCc4ccc(CNCl)cc4)cccc3C2=O)C(=O)N1. The Bertz CT molecular complexity index is 961. The molecule has 2 aromatic carbocycles. The normalized spacial score (nSPS) is 18.6. The van der Waals surface area contributed by atoms with E-state index in [1.807, 2.05) is 30.3 Å². The van der Waals surface area contributed by atoms with Crippen LogP contribution in [0.4, 0.5) is 0 Å². The van der Waals surface area contributed by atoms with Crippen molar-refractivity contribution >= 4 is 29.5 Å². The lowest BCUT2D eigenvalue weighted by atomic mass is 10.0. The van der Waals surface area contributed by atoms with E-state index < -0.39 is 11.9 Å². The fourth-order valence-corrected chi connectivity index (χ4v) is 3.84. The van der Waals surface area contributed by atoms with Crippen LogP contribution in [0.15, 0.2) is 42.5 Å². The predicted octanol–water partition coefficient (Wildman–Crippen LogP) is 2.27. The number of nitrogens with zero attached hydrogens (tertiary/aromatic N) is 1. The minimum absolute atomic E-state index is 0.210. The number of nitrogens with one attached hydrogen (secondary N) is 2. The number of piperidine rings is 1. The molecule has 0 saturated carbocycles. The monoisotopic (exact) mass is 413 g/mol. The van der Waals surface area contributed by atoms with E-state index in [1.54, 1.807) is 12.1 Å². The summed E-state index contributed by atoms with van der Waals surface area (Å²) in [6, 6.07) is 12.6. The molecule has 0 aromatic heterocycles. The lowest BCUT2D eigenvalue weighted by Crippen LogP contribution is -2.52. The largest absolute Gasteiger partial charge is 0.489 e. The Hall–Kier alpha value is -2.90. The van der Waals surface area contributed by atoms with Gasteiger partial charge in [-0.05, 0) is 41.5 Å². The van der Waals surface area contributed by atoms with Crippen molar-refractivity contribution in [3.8, 4) is 5.75 Å². The third-order valence-electron chi connectivity index (χ3n) is 5.23. The number of carbonyl (C=O) groups is 3. The van der Waals surface area contributed by atoms with Crippen LogP contribution in [0.25, 0.3) is 0 Å². The van der Waals surface area contributed by atoms with E-state index in [1.165, 1.54) is 4.90 Å². The predicted molar refractivity (Wildman–Crippen MR) is 106 cm³/mol. The van der Waals surface area contributed by atoms with Gasteiger partial charge >= 0.3 is 0 Å². The molecule has 8 heteroatoms. The summed E-state index contributed by atoms with van der Waals surface area (Å²) in [5.41, 5.74) is 3.36. The third kappa shape index (κ3) is 3.97. The highest BCUT2D eigenvalue weighted by Gasteiger charge is 2.40. The maximum Gasteiger partial charge on any atom is 0.255 e. The number of benzene rings is 2. The smallest absolute Gasteiger partial charge is 0.255 e. The Labute approximate surface area is 173 Å². The summed E-state index contributed by atoms with van der Waals surface area (Å²) in [5, 5.41) is 2.31. The molecule has 0 spiro atoms. The van der Waals surface area contributed by atoms with Crippen molar-refractivity contribution in [3.05, 3.63) is 64.7 Å². The molecular weight excluding hydrogens is 394 g/mol. The fraction of sp³-hybridized carbons (Fsp3) is 0.286. The third-order valence-corrected chi connectivity index (χ3v) is 5.36. The standard InChI is InChI=1S/C21H20ClN3O4/c22-23-10-13-4-6-14(7-5-13)12-29-18-3-1-2-15-16(18)11-25(21(15)28)17-8-9-19(26)24-20(17)27/h1-7,17,23H,8-12H2,(H,24,26,27). The number of rotatable bonds is 6. The van der Waals surface area contributed by atoms with Gasteiger partial charge < -0.3 is 9.64 Å². The Morgan fingerprint density at radius 3 is 2.59 bits per heavy atom. The number of halogens is 1. The molecule has 1 saturated heterocycles. The van der Waals surface area contributed by atoms with Crippen LogP contribution in [-0.4, -0.2) is 28.7 Å². The van der Waals surface area contributed by atoms with Crippen molar-refractivity contribution in [2.45, 2.75) is 38.6 Å². The summed E-state index contributed by atoms with van der Waals surface area (Å²) in [6.07, 6.45) is 0.569. The topological polar surface area (TPSA) is 87.7 Å². The molecule has 0 radical (unpaired) electrons.